The fraction of sp³-hybridized carbons (Fsp3) is 0.600. The first kappa shape index (κ1) is 15.2. The number of benzene rings is 1. The molecule has 4 heteroatoms. The highest BCUT2D eigenvalue weighted by molar-refractivity contribution is 9.10. The lowest BCUT2D eigenvalue weighted by atomic mass is 10.0. The number of ether oxygens (including phenoxy) is 1. The molecule has 0 spiro atoms. The van der Waals surface area contributed by atoms with Gasteiger partial charge in [-0.05, 0) is 55.3 Å². The Morgan fingerprint density at radius 1 is 1.53 bits per heavy atom. The van der Waals surface area contributed by atoms with Crippen LogP contribution in [0.2, 0.25) is 0 Å². The molecule has 1 aliphatic heterocycles. The first-order valence-electron chi connectivity index (χ1n) is 6.92. The van der Waals surface area contributed by atoms with Crippen molar-refractivity contribution < 1.29 is 4.74 Å². The van der Waals surface area contributed by atoms with E-state index in [9.17, 15) is 0 Å². The molecular weight excluding hydrogens is 322 g/mol. The van der Waals surface area contributed by atoms with Gasteiger partial charge in [-0.2, -0.15) is 11.8 Å². The summed E-state index contributed by atoms with van der Waals surface area (Å²) in [7, 11) is 1.72. The zero-order valence-electron chi connectivity index (χ0n) is 11.6. The van der Waals surface area contributed by atoms with E-state index in [0.29, 0.717) is 6.04 Å². The van der Waals surface area contributed by atoms with Crippen LogP contribution in [0.25, 0.3) is 0 Å². The molecule has 1 fully saturated rings. The second-order valence-electron chi connectivity index (χ2n) is 4.88. The van der Waals surface area contributed by atoms with Crippen LogP contribution in [0.4, 0.5) is 0 Å². The first-order chi connectivity index (χ1) is 9.24. The largest absolute Gasteiger partial charge is 0.497 e. The zero-order chi connectivity index (χ0) is 13.7. The fourth-order valence-corrected chi connectivity index (χ4v) is 4.39. The number of rotatable bonds is 6. The van der Waals surface area contributed by atoms with Crippen LogP contribution in [0.3, 0.4) is 0 Å². The molecule has 2 atom stereocenters. The molecule has 1 aromatic rings. The Hall–Kier alpha value is -0.190. The van der Waals surface area contributed by atoms with Crippen molar-refractivity contribution in [2.75, 3.05) is 19.4 Å². The minimum absolute atomic E-state index is 0.556. The number of hydrogen-bond acceptors (Lipinski definition) is 3. The second-order valence-corrected chi connectivity index (χ2v) is 7.08. The number of nitrogens with one attached hydrogen (secondary N) is 1. The molecule has 19 heavy (non-hydrogen) atoms. The topological polar surface area (TPSA) is 21.3 Å². The summed E-state index contributed by atoms with van der Waals surface area (Å²) < 4.78 is 6.51. The van der Waals surface area contributed by atoms with Gasteiger partial charge in [0.2, 0.25) is 0 Å². The molecule has 0 radical (unpaired) electrons. The molecule has 1 aromatic carbocycles. The zero-order valence-corrected chi connectivity index (χ0v) is 14.0. The van der Waals surface area contributed by atoms with Gasteiger partial charge in [0, 0.05) is 15.8 Å². The number of hydrogen-bond donors (Lipinski definition) is 1. The maximum Gasteiger partial charge on any atom is 0.119 e. The van der Waals surface area contributed by atoms with Crippen molar-refractivity contribution in [3.8, 4) is 5.75 Å². The van der Waals surface area contributed by atoms with Gasteiger partial charge in [0.1, 0.15) is 5.75 Å². The van der Waals surface area contributed by atoms with E-state index in [-0.39, 0.29) is 0 Å². The second kappa shape index (κ2) is 7.55. The predicted molar refractivity (Wildman–Crippen MR) is 87.3 cm³/mol. The first-order valence-corrected chi connectivity index (χ1v) is 8.76. The Kier molecular flexibility index (Phi) is 6.05. The van der Waals surface area contributed by atoms with Crippen LogP contribution in [0.1, 0.15) is 25.3 Å². The van der Waals surface area contributed by atoms with Crippen molar-refractivity contribution in [2.45, 2.75) is 37.5 Å². The van der Waals surface area contributed by atoms with Gasteiger partial charge in [0.05, 0.1) is 7.11 Å². The third kappa shape index (κ3) is 4.14. The monoisotopic (exact) mass is 343 g/mol. The van der Waals surface area contributed by atoms with E-state index >= 15 is 0 Å². The van der Waals surface area contributed by atoms with Crippen LogP contribution >= 0.6 is 27.7 Å². The maximum atomic E-state index is 5.33. The maximum absolute atomic E-state index is 5.33. The smallest absolute Gasteiger partial charge is 0.119 e. The van der Waals surface area contributed by atoms with Crippen molar-refractivity contribution in [1.82, 2.24) is 5.32 Å². The van der Waals surface area contributed by atoms with Gasteiger partial charge in [0.25, 0.3) is 0 Å². The van der Waals surface area contributed by atoms with Crippen LogP contribution in [-0.2, 0) is 6.42 Å². The normalized spacial score (nSPS) is 20.5. The highest BCUT2D eigenvalue weighted by Gasteiger charge is 2.25. The standard InChI is InChI=1S/C15H22BrNOS/c1-3-17-14(15-5-4-8-19-15)10-11-9-12(18-2)6-7-13(11)16/h6-7,9,14-15,17H,3-5,8,10H2,1-2H3. The van der Waals surface area contributed by atoms with Gasteiger partial charge >= 0.3 is 0 Å². The van der Waals surface area contributed by atoms with Crippen LogP contribution < -0.4 is 10.1 Å². The molecule has 0 bridgehead atoms. The Labute approximate surface area is 128 Å². The van der Waals surface area contributed by atoms with Gasteiger partial charge in [-0.15, -0.1) is 0 Å². The van der Waals surface area contributed by atoms with Crippen molar-refractivity contribution >= 4 is 27.7 Å². The molecule has 2 nitrogen and oxygen atoms in total. The number of halogens is 1. The van der Waals surface area contributed by atoms with Crippen LogP contribution in [0.15, 0.2) is 22.7 Å². The number of likely N-dealkylation sites (N-methyl/N-ethyl adjacent to an activating group) is 1. The summed E-state index contributed by atoms with van der Waals surface area (Å²) in [6.07, 6.45) is 3.75. The third-order valence-electron chi connectivity index (χ3n) is 3.57. The van der Waals surface area contributed by atoms with Crippen molar-refractivity contribution in [1.29, 1.82) is 0 Å². The summed E-state index contributed by atoms with van der Waals surface area (Å²) in [5.74, 6) is 2.25. The molecule has 0 amide bonds. The van der Waals surface area contributed by atoms with Gasteiger partial charge < -0.3 is 10.1 Å². The minimum Gasteiger partial charge on any atom is -0.497 e. The van der Waals surface area contributed by atoms with E-state index < -0.39 is 0 Å². The fourth-order valence-electron chi connectivity index (χ4n) is 2.59. The van der Waals surface area contributed by atoms with Gasteiger partial charge in [-0.3, -0.25) is 0 Å². The quantitative estimate of drug-likeness (QED) is 0.846. The molecule has 1 N–H and O–H groups in total. The summed E-state index contributed by atoms with van der Waals surface area (Å²) in [5.41, 5.74) is 1.33. The lowest BCUT2D eigenvalue weighted by molar-refractivity contribution is 0.413. The Morgan fingerprint density at radius 2 is 2.37 bits per heavy atom. The van der Waals surface area contributed by atoms with Gasteiger partial charge in [-0.25, -0.2) is 0 Å². The molecule has 1 saturated heterocycles. The van der Waals surface area contributed by atoms with E-state index in [4.69, 9.17) is 4.74 Å². The summed E-state index contributed by atoms with van der Waals surface area (Å²) in [5, 5.41) is 4.40. The molecule has 2 rings (SSSR count). The lowest BCUT2D eigenvalue weighted by Gasteiger charge is -2.24. The summed E-state index contributed by atoms with van der Waals surface area (Å²) in [6.45, 7) is 3.22. The summed E-state index contributed by atoms with van der Waals surface area (Å²) in [4.78, 5) is 0. The average Bonchev–Trinajstić information content (AvgIpc) is 2.94. The summed E-state index contributed by atoms with van der Waals surface area (Å²) >= 11 is 5.77. The molecule has 0 aromatic heterocycles. The molecular formula is C15H22BrNOS. The number of thioether (sulfide) groups is 1. The highest BCUT2D eigenvalue weighted by atomic mass is 79.9. The van der Waals surface area contributed by atoms with Crippen LogP contribution in [-0.4, -0.2) is 30.7 Å². The van der Waals surface area contributed by atoms with Crippen molar-refractivity contribution in [3.63, 3.8) is 0 Å². The van der Waals surface area contributed by atoms with E-state index in [1.165, 1.54) is 28.6 Å². The van der Waals surface area contributed by atoms with Gasteiger partial charge in [-0.1, -0.05) is 22.9 Å². The average molecular weight is 344 g/mol. The van der Waals surface area contributed by atoms with Gasteiger partial charge in [0.15, 0.2) is 0 Å². The van der Waals surface area contributed by atoms with E-state index in [1.54, 1.807) is 7.11 Å². The van der Waals surface area contributed by atoms with E-state index in [2.05, 4.69) is 52.1 Å². The molecule has 2 unspecified atom stereocenters. The lowest BCUT2D eigenvalue weighted by Crippen LogP contribution is -2.39. The Balaban J connectivity index is 2.11. The molecule has 0 aliphatic carbocycles. The Morgan fingerprint density at radius 3 is 3.00 bits per heavy atom. The number of methoxy groups -OCH3 is 1. The van der Waals surface area contributed by atoms with Crippen molar-refractivity contribution in [2.24, 2.45) is 0 Å². The van der Waals surface area contributed by atoms with Crippen molar-refractivity contribution in [3.05, 3.63) is 28.2 Å². The van der Waals surface area contributed by atoms with E-state index in [1.807, 2.05) is 6.07 Å². The Bertz CT molecular complexity index is 407. The molecule has 1 aliphatic rings. The SMILES string of the molecule is CCNC(Cc1cc(OC)ccc1Br)C1CCCS1. The predicted octanol–water partition coefficient (Wildman–Crippen LogP) is 3.87. The third-order valence-corrected chi connectivity index (χ3v) is 5.86. The molecule has 0 saturated carbocycles. The van der Waals surface area contributed by atoms with Crippen LogP contribution in [0.5, 0.6) is 5.75 Å². The van der Waals surface area contributed by atoms with E-state index in [0.717, 1.165) is 24.0 Å². The van der Waals surface area contributed by atoms with Crippen LogP contribution in [0, 0.1) is 0 Å². The highest BCUT2D eigenvalue weighted by Crippen LogP contribution is 2.32. The molecule has 1 heterocycles. The minimum atomic E-state index is 0.556. The molecule has 106 valence electrons. The summed E-state index contributed by atoms with van der Waals surface area (Å²) in [6, 6.07) is 6.79.